The van der Waals surface area contributed by atoms with Crippen LogP contribution < -0.4 is 5.32 Å². The Bertz CT molecular complexity index is 160. The molecule has 1 N–H and O–H groups in total. The van der Waals surface area contributed by atoms with E-state index in [2.05, 4.69) is 17.0 Å². The minimum absolute atomic E-state index is 0.267. The molecule has 0 aromatic carbocycles. The van der Waals surface area contributed by atoms with Crippen molar-refractivity contribution in [3.63, 3.8) is 0 Å². The fourth-order valence-electron chi connectivity index (χ4n) is 1.21. The number of nitrogens with one attached hydrogen (secondary N) is 1. The molecule has 0 heterocycles. The molecule has 1 saturated carbocycles. The number of hydrogen-bond acceptors (Lipinski definition) is 2. The highest BCUT2D eigenvalue weighted by Crippen LogP contribution is 2.36. The molecule has 0 aliphatic heterocycles. The first-order valence-corrected chi connectivity index (χ1v) is 4.40. The maximum absolute atomic E-state index is 11.5. The van der Waals surface area contributed by atoms with E-state index < -0.39 is 6.36 Å². The average molecular weight is 197 g/mol. The first-order chi connectivity index (χ1) is 5.99. The van der Waals surface area contributed by atoms with Crippen molar-refractivity contribution in [2.24, 2.45) is 11.8 Å². The zero-order valence-electron chi connectivity index (χ0n) is 7.53. The zero-order valence-corrected chi connectivity index (χ0v) is 7.53. The molecule has 0 amide bonds. The first kappa shape index (κ1) is 10.8. The topological polar surface area (TPSA) is 21.3 Å². The summed E-state index contributed by atoms with van der Waals surface area (Å²) < 4.78 is 38.0. The van der Waals surface area contributed by atoms with E-state index in [1.807, 2.05) is 0 Å². The highest BCUT2D eigenvalue weighted by Gasteiger charge is 2.32. The van der Waals surface area contributed by atoms with Gasteiger partial charge in [0.1, 0.15) is 0 Å². The fourth-order valence-corrected chi connectivity index (χ4v) is 1.21. The summed E-state index contributed by atoms with van der Waals surface area (Å²) in [5, 5.41) is 2.93. The van der Waals surface area contributed by atoms with Crippen molar-refractivity contribution in [3.8, 4) is 0 Å². The van der Waals surface area contributed by atoms with Crippen LogP contribution in [0.5, 0.6) is 0 Å². The summed E-state index contributed by atoms with van der Waals surface area (Å²) in [6.45, 7) is 2.91. The Hall–Kier alpha value is -0.290. The monoisotopic (exact) mass is 197 g/mol. The molecule has 1 aliphatic rings. The highest BCUT2D eigenvalue weighted by atomic mass is 19.4. The van der Waals surface area contributed by atoms with Crippen LogP contribution in [-0.4, -0.2) is 26.1 Å². The molecule has 1 fully saturated rings. The molecule has 13 heavy (non-hydrogen) atoms. The van der Waals surface area contributed by atoms with Crippen molar-refractivity contribution in [2.45, 2.75) is 19.7 Å². The molecule has 0 spiro atoms. The Morgan fingerprint density at radius 1 is 1.46 bits per heavy atom. The van der Waals surface area contributed by atoms with E-state index in [0.29, 0.717) is 5.92 Å². The summed E-state index contributed by atoms with van der Waals surface area (Å²) in [7, 11) is 0. The Balaban J connectivity index is 1.84. The molecule has 1 rings (SSSR count). The Morgan fingerprint density at radius 2 is 2.08 bits per heavy atom. The zero-order chi connectivity index (χ0) is 9.90. The van der Waals surface area contributed by atoms with Gasteiger partial charge in [0, 0.05) is 6.54 Å². The van der Waals surface area contributed by atoms with Crippen molar-refractivity contribution in [2.75, 3.05) is 19.7 Å². The van der Waals surface area contributed by atoms with Gasteiger partial charge in [-0.3, -0.25) is 4.74 Å². The van der Waals surface area contributed by atoms with Crippen LogP contribution in [0.25, 0.3) is 0 Å². The van der Waals surface area contributed by atoms with Gasteiger partial charge in [0.25, 0.3) is 0 Å². The third-order valence-corrected chi connectivity index (χ3v) is 2.23. The quantitative estimate of drug-likeness (QED) is 0.678. The lowest BCUT2D eigenvalue weighted by molar-refractivity contribution is -0.323. The number of halogens is 3. The van der Waals surface area contributed by atoms with Crippen LogP contribution in [0, 0.1) is 11.8 Å². The van der Waals surface area contributed by atoms with E-state index >= 15 is 0 Å². The van der Waals surface area contributed by atoms with Crippen molar-refractivity contribution < 1.29 is 17.9 Å². The second kappa shape index (κ2) is 4.28. The van der Waals surface area contributed by atoms with Crippen molar-refractivity contribution in [1.29, 1.82) is 0 Å². The van der Waals surface area contributed by atoms with Crippen LogP contribution in [-0.2, 0) is 4.74 Å². The van der Waals surface area contributed by atoms with Gasteiger partial charge >= 0.3 is 6.36 Å². The van der Waals surface area contributed by atoms with Gasteiger partial charge in [0.05, 0.1) is 6.61 Å². The van der Waals surface area contributed by atoms with Gasteiger partial charge in [-0.15, -0.1) is 13.2 Å². The van der Waals surface area contributed by atoms with Crippen LogP contribution in [0.1, 0.15) is 13.3 Å². The van der Waals surface area contributed by atoms with Crippen molar-refractivity contribution in [1.82, 2.24) is 5.32 Å². The molecule has 0 aromatic rings. The fraction of sp³-hybridized carbons (Fsp3) is 1.00. The van der Waals surface area contributed by atoms with E-state index in [1.54, 1.807) is 0 Å². The van der Waals surface area contributed by atoms with Crippen molar-refractivity contribution >= 4 is 0 Å². The van der Waals surface area contributed by atoms with Gasteiger partial charge in [-0.05, 0) is 24.8 Å². The maximum atomic E-state index is 11.5. The van der Waals surface area contributed by atoms with E-state index in [0.717, 1.165) is 12.5 Å². The van der Waals surface area contributed by atoms with Gasteiger partial charge in [-0.25, -0.2) is 0 Å². The first-order valence-electron chi connectivity index (χ1n) is 4.40. The lowest BCUT2D eigenvalue weighted by Crippen LogP contribution is -2.25. The van der Waals surface area contributed by atoms with Gasteiger partial charge < -0.3 is 5.32 Å². The molecule has 0 bridgehead atoms. The lowest BCUT2D eigenvalue weighted by atomic mass is 10.3. The van der Waals surface area contributed by atoms with Crippen LogP contribution in [0.15, 0.2) is 0 Å². The molecule has 5 heteroatoms. The molecule has 0 aromatic heterocycles. The molecule has 78 valence electrons. The second-order valence-electron chi connectivity index (χ2n) is 3.47. The largest absolute Gasteiger partial charge is 0.522 e. The molecule has 2 atom stereocenters. The van der Waals surface area contributed by atoms with E-state index in [9.17, 15) is 13.2 Å². The number of hydrogen-bond donors (Lipinski definition) is 1. The van der Waals surface area contributed by atoms with Crippen LogP contribution in [0.3, 0.4) is 0 Å². The van der Waals surface area contributed by atoms with Gasteiger partial charge in [0.15, 0.2) is 0 Å². The maximum Gasteiger partial charge on any atom is 0.522 e. The SMILES string of the molecule is CC1CC1CNCCOC(F)(F)F. The summed E-state index contributed by atoms with van der Waals surface area (Å²) in [6.07, 6.45) is -3.30. The van der Waals surface area contributed by atoms with E-state index in [1.165, 1.54) is 6.42 Å². The molecule has 1 aliphatic carbocycles. The normalized spacial score (nSPS) is 27.7. The number of rotatable bonds is 5. The second-order valence-corrected chi connectivity index (χ2v) is 3.47. The predicted molar refractivity (Wildman–Crippen MR) is 42.1 cm³/mol. The molecular weight excluding hydrogens is 183 g/mol. The summed E-state index contributed by atoms with van der Waals surface area (Å²) >= 11 is 0. The minimum Gasteiger partial charge on any atom is -0.314 e. The predicted octanol–water partition coefficient (Wildman–Crippen LogP) is 1.77. The molecule has 2 unspecified atom stereocenters. The van der Waals surface area contributed by atoms with E-state index in [-0.39, 0.29) is 13.2 Å². The standard InChI is InChI=1S/C8H14F3NO/c1-6-4-7(6)5-12-2-3-13-8(9,10)11/h6-7,12H,2-5H2,1H3. The third-order valence-electron chi connectivity index (χ3n) is 2.23. The average Bonchev–Trinajstić information content (AvgIpc) is 2.63. The molecule has 2 nitrogen and oxygen atoms in total. The number of alkyl halides is 3. The molecular formula is C8H14F3NO. The Morgan fingerprint density at radius 3 is 2.54 bits per heavy atom. The van der Waals surface area contributed by atoms with Crippen molar-refractivity contribution in [3.05, 3.63) is 0 Å². The smallest absolute Gasteiger partial charge is 0.314 e. The summed E-state index contributed by atoms with van der Waals surface area (Å²) in [5.74, 6) is 1.39. The molecule has 0 radical (unpaired) electrons. The van der Waals surface area contributed by atoms with Crippen LogP contribution in [0.4, 0.5) is 13.2 Å². The minimum atomic E-state index is -4.49. The Labute approximate surface area is 75.4 Å². The Kier molecular flexibility index (Phi) is 3.55. The van der Waals surface area contributed by atoms with Gasteiger partial charge in [0.2, 0.25) is 0 Å². The lowest BCUT2D eigenvalue weighted by Gasteiger charge is -2.07. The summed E-state index contributed by atoms with van der Waals surface area (Å²) in [6, 6.07) is 0. The summed E-state index contributed by atoms with van der Waals surface area (Å²) in [5.41, 5.74) is 0. The van der Waals surface area contributed by atoms with E-state index in [4.69, 9.17) is 0 Å². The molecule has 0 saturated heterocycles. The highest BCUT2D eigenvalue weighted by molar-refractivity contribution is 4.83. The van der Waals surface area contributed by atoms with Crippen LogP contribution in [0.2, 0.25) is 0 Å². The third kappa shape index (κ3) is 5.10. The van der Waals surface area contributed by atoms with Crippen LogP contribution >= 0.6 is 0 Å². The summed E-state index contributed by atoms with van der Waals surface area (Å²) in [4.78, 5) is 0. The van der Waals surface area contributed by atoms with Gasteiger partial charge in [-0.2, -0.15) is 0 Å². The number of ether oxygens (including phenoxy) is 1. The van der Waals surface area contributed by atoms with Gasteiger partial charge in [-0.1, -0.05) is 6.92 Å².